The van der Waals surface area contributed by atoms with E-state index in [-0.39, 0.29) is 24.2 Å². The largest absolute Gasteiger partial charge is 0.480 e. The zero-order valence-corrected chi connectivity index (χ0v) is 18.3. The molecule has 1 amide bonds. The SMILES string of the molecule is CCOC(=O)C(CCNCCC(=O)N1Cc2ccccc2C[C@H]1C(=O)O)c1ccccc1. The van der Waals surface area contributed by atoms with E-state index >= 15 is 0 Å². The first-order chi connectivity index (χ1) is 15.5. The van der Waals surface area contributed by atoms with Gasteiger partial charge in [-0.2, -0.15) is 0 Å². The molecule has 32 heavy (non-hydrogen) atoms. The molecule has 0 saturated carbocycles. The summed E-state index contributed by atoms with van der Waals surface area (Å²) in [6, 6.07) is 16.3. The first-order valence-corrected chi connectivity index (χ1v) is 11.0. The van der Waals surface area contributed by atoms with Gasteiger partial charge in [-0.3, -0.25) is 9.59 Å². The van der Waals surface area contributed by atoms with E-state index in [0.29, 0.717) is 39.1 Å². The molecule has 0 aromatic heterocycles. The first-order valence-electron chi connectivity index (χ1n) is 11.0. The highest BCUT2D eigenvalue weighted by atomic mass is 16.5. The summed E-state index contributed by atoms with van der Waals surface area (Å²) in [5, 5.41) is 12.8. The number of aliphatic carboxylic acids is 1. The monoisotopic (exact) mass is 438 g/mol. The molecule has 2 N–H and O–H groups in total. The topological polar surface area (TPSA) is 95.9 Å². The Morgan fingerprint density at radius 1 is 1.06 bits per heavy atom. The number of carboxylic acid groups (broad SMARTS) is 1. The predicted octanol–water partition coefficient (Wildman–Crippen LogP) is 2.74. The van der Waals surface area contributed by atoms with Crippen LogP contribution in [0.4, 0.5) is 0 Å². The summed E-state index contributed by atoms with van der Waals surface area (Å²) < 4.78 is 5.21. The van der Waals surface area contributed by atoms with Gasteiger partial charge in [-0.1, -0.05) is 54.6 Å². The van der Waals surface area contributed by atoms with Crippen molar-refractivity contribution >= 4 is 17.8 Å². The molecule has 1 heterocycles. The average Bonchev–Trinajstić information content (AvgIpc) is 2.81. The maximum atomic E-state index is 12.8. The van der Waals surface area contributed by atoms with Gasteiger partial charge in [-0.05, 0) is 36.6 Å². The molecule has 2 aromatic carbocycles. The van der Waals surface area contributed by atoms with Crippen molar-refractivity contribution in [3.8, 4) is 0 Å². The van der Waals surface area contributed by atoms with E-state index in [1.165, 1.54) is 4.90 Å². The molecule has 0 bridgehead atoms. The molecule has 0 aliphatic carbocycles. The van der Waals surface area contributed by atoms with Crippen molar-refractivity contribution in [3.05, 3.63) is 71.3 Å². The third kappa shape index (κ3) is 5.95. The summed E-state index contributed by atoms with van der Waals surface area (Å²) in [6.07, 6.45) is 1.07. The van der Waals surface area contributed by atoms with Crippen LogP contribution in [0.5, 0.6) is 0 Å². The van der Waals surface area contributed by atoms with Crippen LogP contribution in [0.1, 0.15) is 42.4 Å². The second kappa shape index (κ2) is 11.4. The molecule has 0 radical (unpaired) electrons. The van der Waals surface area contributed by atoms with Gasteiger partial charge in [0, 0.05) is 25.9 Å². The number of ether oxygens (including phenoxy) is 1. The van der Waals surface area contributed by atoms with Gasteiger partial charge in [0.25, 0.3) is 0 Å². The third-order valence-corrected chi connectivity index (χ3v) is 5.75. The number of benzene rings is 2. The van der Waals surface area contributed by atoms with Crippen LogP contribution in [-0.2, 0) is 32.1 Å². The van der Waals surface area contributed by atoms with Crippen molar-refractivity contribution in [2.24, 2.45) is 0 Å². The fraction of sp³-hybridized carbons (Fsp3) is 0.400. The second-order valence-electron chi connectivity index (χ2n) is 7.85. The molecular formula is C25H30N2O5. The van der Waals surface area contributed by atoms with Crippen LogP contribution in [0.2, 0.25) is 0 Å². The number of nitrogens with zero attached hydrogens (tertiary/aromatic N) is 1. The van der Waals surface area contributed by atoms with Gasteiger partial charge < -0.3 is 20.1 Å². The van der Waals surface area contributed by atoms with Gasteiger partial charge in [0.15, 0.2) is 0 Å². The Bertz CT molecular complexity index is 931. The standard InChI is InChI=1S/C25H30N2O5/c1-2-32-25(31)21(18-8-4-3-5-9-18)12-14-26-15-13-23(28)27-17-20-11-7-6-10-19(20)16-22(27)24(29)30/h3-11,21-22,26H,2,12-17H2,1H3,(H,29,30)/t21?,22-/m0/s1. The Morgan fingerprint density at radius 3 is 2.44 bits per heavy atom. The summed E-state index contributed by atoms with van der Waals surface area (Å²) in [5.41, 5.74) is 2.87. The molecule has 170 valence electrons. The van der Waals surface area contributed by atoms with Crippen molar-refractivity contribution in [2.75, 3.05) is 19.7 Å². The fourth-order valence-corrected chi connectivity index (χ4v) is 4.06. The highest BCUT2D eigenvalue weighted by Crippen LogP contribution is 2.24. The number of carboxylic acids is 1. The van der Waals surface area contributed by atoms with Crippen molar-refractivity contribution in [2.45, 2.75) is 44.7 Å². The zero-order chi connectivity index (χ0) is 22.9. The van der Waals surface area contributed by atoms with E-state index < -0.39 is 12.0 Å². The molecule has 0 spiro atoms. The Labute approximate surface area is 188 Å². The van der Waals surface area contributed by atoms with E-state index in [1.807, 2.05) is 54.6 Å². The number of hydrogen-bond donors (Lipinski definition) is 2. The molecule has 1 aliphatic heterocycles. The quantitative estimate of drug-likeness (QED) is 0.437. The minimum absolute atomic E-state index is 0.190. The second-order valence-corrected chi connectivity index (χ2v) is 7.85. The van der Waals surface area contributed by atoms with Gasteiger partial charge in [0.2, 0.25) is 5.91 Å². The lowest BCUT2D eigenvalue weighted by Crippen LogP contribution is -2.49. The van der Waals surface area contributed by atoms with Crippen LogP contribution in [0.3, 0.4) is 0 Å². The lowest BCUT2D eigenvalue weighted by molar-refractivity contribution is -0.151. The summed E-state index contributed by atoms with van der Waals surface area (Å²) in [4.78, 5) is 38.3. The highest BCUT2D eigenvalue weighted by molar-refractivity contribution is 5.84. The molecule has 7 nitrogen and oxygen atoms in total. The van der Waals surface area contributed by atoms with Crippen LogP contribution in [0, 0.1) is 0 Å². The van der Waals surface area contributed by atoms with Gasteiger partial charge in [0.05, 0.1) is 12.5 Å². The van der Waals surface area contributed by atoms with E-state index in [4.69, 9.17) is 4.74 Å². The number of nitrogens with one attached hydrogen (secondary N) is 1. The van der Waals surface area contributed by atoms with Crippen LogP contribution in [0.25, 0.3) is 0 Å². The highest BCUT2D eigenvalue weighted by Gasteiger charge is 2.34. The predicted molar refractivity (Wildman–Crippen MR) is 120 cm³/mol. The van der Waals surface area contributed by atoms with Gasteiger partial charge in [0.1, 0.15) is 6.04 Å². The Hall–Kier alpha value is -3.19. The van der Waals surface area contributed by atoms with Gasteiger partial charge in [-0.15, -0.1) is 0 Å². The summed E-state index contributed by atoms with van der Waals surface area (Å²) >= 11 is 0. The normalized spacial score (nSPS) is 16.2. The average molecular weight is 439 g/mol. The number of esters is 1. The third-order valence-electron chi connectivity index (χ3n) is 5.75. The lowest BCUT2D eigenvalue weighted by atomic mass is 9.93. The number of carbonyl (C=O) groups is 3. The zero-order valence-electron chi connectivity index (χ0n) is 18.3. The molecule has 3 rings (SSSR count). The van der Waals surface area contributed by atoms with E-state index in [2.05, 4.69) is 5.32 Å². The molecule has 0 fully saturated rings. The van der Waals surface area contributed by atoms with E-state index in [1.54, 1.807) is 6.92 Å². The first kappa shape index (κ1) is 23.5. The maximum Gasteiger partial charge on any atom is 0.326 e. The summed E-state index contributed by atoms with van der Waals surface area (Å²) in [5.74, 6) is -1.80. The van der Waals surface area contributed by atoms with Crippen molar-refractivity contribution < 1.29 is 24.2 Å². The summed E-state index contributed by atoms with van der Waals surface area (Å²) in [6.45, 7) is 3.37. The minimum Gasteiger partial charge on any atom is -0.480 e. The molecule has 0 saturated heterocycles. The molecule has 2 atom stereocenters. The van der Waals surface area contributed by atoms with Crippen molar-refractivity contribution in [1.82, 2.24) is 10.2 Å². The summed E-state index contributed by atoms with van der Waals surface area (Å²) in [7, 11) is 0. The number of carbonyl (C=O) groups excluding carboxylic acids is 2. The Kier molecular flexibility index (Phi) is 8.39. The van der Waals surface area contributed by atoms with Crippen LogP contribution < -0.4 is 5.32 Å². The van der Waals surface area contributed by atoms with E-state index in [9.17, 15) is 19.5 Å². The number of fused-ring (bicyclic) bond motifs is 1. The number of hydrogen-bond acceptors (Lipinski definition) is 5. The van der Waals surface area contributed by atoms with Crippen LogP contribution in [0.15, 0.2) is 54.6 Å². The van der Waals surface area contributed by atoms with E-state index in [0.717, 1.165) is 16.7 Å². The molecule has 7 heteroatoms. The molecule has 2 aromatic rings. The molecule has 1 unspecified atom stereocenters. The number of amides is 1. The lowest BCUT2D eigenvalue weighted by Gasteiger charge is -2.34. The van der Waals surface area contributed by atoms with Crippen molar-refractivity contribution in [1.29, 1.82) is 0 Å². The maximum absolute atomic E-state index is 12.8. The number of rotatable bonds is 10. The molecule has 1 aliphatic rings. The van der Waals surface area contributed by atoms with Crippen LogP contribution in [-0.4, -0.2) is 53.6 Å². The van der Waals surface area contributed by atoms with Gasteiger partial charge in [-0.25, -0.2) is 4.79 Å². The van der Waals surface area contributed by atoms with Crippen molar-refractivity contribution in [3.63, 3.8) is 0 Å². The smallest absolute Gasteiger partial charge is 0.326 e. The Morgan fingerprint density at radius 2 is 1.75 bits per heavy atom. The van der Waals surface area contributed by atoms with Gasteiger partial charge >= 0.3 is 11.9 Å². The van der Waals surface area contributed by atoms with Crippen LogP contribution >= 0.6 is 0 Å². The Balaban J connectivity index is 1.51. The molecular weight excluding hydrogens is 408 g/mol. The fourth-order valence-electron chi connectivity index (χ4n) is 4.06. The minimum atomic E-state index is -0.985.